The Balaban J connectivity index is 1.32. The van der Waals surface area contributed by atoms with Gasteiger partial charge in [-0.05, 0) is 70.4 Å². The Bertz CT molecular complexity index is 1350. The largest absolute Gasteiger partial charge is 0.507 e. The van der Waals surface area contributed by atoms with Crippen molar-refractivity contribution < 1.29 is 24.2 Å². The number of benzene rings is 4. The Hall–Kier alpha value is -4.65. The van der Waals surface area contributed by atoms with Gasteiger partial charge in [-0.2, -0.15) is 5.10 Å². The van der Waals surface area contributed by atoms with Crippen LogP contribution >= 0.6 is 0 Å². The van der Waals surface area contributed by atoms with Gasteiger partial charge in [0.15, 0.2) is 0 Å². The fourth-order valence-corrected chi connectivity index (χ4v) is 3.31. The molecule has 0 heterocycles. The number of fused-ring (bicyclic) bond motifs is 1. The molecular weight excluding hydrogens is 432 g/mol. The van der Waals surface area contributed by atoms with E-state index in [9.17, 15) is 14.7 Å². The number of carbonyl (C=O) groups is 2. The number of nitrogens with one attached hydrogen (secondary N) is 1. The average molecular weight is 454 g/mol. The number of hydrogen-bond acceptors (Lipinski definition) is 6. The summed E-state index contributed by atoms with van der Waals surface area (Å²) in [6.45, 7) is 0.347. The lowest BCUT2D eigenvalue weighted by Crippen LogP contribution is -2.17. The van der Waals surface area contributed by atoms with Crippen LogP contribution in [-0.2, 0) is 11.3 Å². The van der Waals surface area contributed by atoms with Crippen LogP contribution in [0.5, 0.6) is 11.5 Å². The van der Waals surface area contributed by atoms with E-state index in [1.54, 1.807) is 48.5 Å². The Kier molecular flexibility index (Phi) is 6.84. The maximum absolute atomic E-state index is 12.4. The maximum atomic E-state index is 12.4. The molecule has 0 aliphatic heterocycles. The number of aromatic hydroxyl groups is 1. The van der Waals surface area contributed by atoms with Crippen molar-refractivity contribution in [1.82, 2.24) is 5.43 Å². The predicted octanol–water partition coefficient (Wildman–Crippen LogP) is 4.67. The van der Waals surface area contributed by atoms with E-state index in [0.717, 1.165) is 21.9 Å². The lowest BCUT2D eigenvalue weighted by Gasteiger charge is -2.07. The first-order valence-electron chi connectivity index (χ1n) is 10.5. The molecule has 0 spiro atoms. The first-order chi connectivity index (χ1) is 16.5. The van der Waals surface area contributed by atoms with Crippen molar-refractivity contribution >= 4 is 28.9 Å². The van der Waals surface area contributed by atoms with Gasteiger partial charge in [0.25, 0.3) is 5.91 Å². The monoisotopic (exact) mass is 454 g/mol. The van der Waals surface area contributed by atoms with Crippen LogP contribution in [0.25, 0.3) is 10.8 Å². The number of phenolic OH excluding ortho intramolecular Hbond substituents is 1. The molecule has 0 bridgehead atoms. The zero-order valence-electron chi connectivity index (χ0n) is 18.4. The highest BCUT2D eigenvalue weighted by Crippen LogP contribution is 2.24. The van der Waals surface area contributed by atoms with Crippen LogP contribution in [-0.4, -0.2) is 30.3 Å². The van der Waals surface area contributed by atoms with Crippen molar-refractivity contribution in [1.29, 1.82) is 0 Å². The second-order valence-corrected chi connectivity index (χ2v) is 7.46. The van der Waals surface area contributed by atoms with Gasteiger partial charge in [-0.15, -0.1) is 0 Å². The summed E-state index contributed by atoms with van der Waals surface area (Å²) < 4.78 is 10.5. The lowest BCUT2D eigenvalue weighted by molar-refractivity contribution is 0.0600. The van der Waals surface area contributed by atoms with Crippen LogP contribution in [0.15, 0.2) is 90.0 Å². The normalized spacial score (nSPS) is 10.9. The minimum atomic E-state index is -0.502. The van der Waals surface area contributed by atoms with Crippen LogP contribution in [0.1, 0.15) is 31.8 Å². The number of ether oxygens (including phenoxy) is 2. The summed E-state index contributed by atoms with van der Waals surface area (Å²) in [4.78, 5) is 23.9. The highest BCUT2D eigenvalue weighted by Gasteiger charge is 2.11. The Morgan fingerprint density at radius 2 is 1.62 bits per heavy atom. The molecule has 0 unspecified atom stereocenters. The molecule has 170 valence electrons. The lowest BCUT2D eigenvalue weighted by atomic mass is 10.1. The first-order valence-corrected chi connectivity index (χ1v) is 10.5. The smallest absolute Gasteiger partial charge is 0.337 e. The number of rotatable bonds is 7. The van der Waals surface area contributed by atoms with Crippen LogP contribution in [0.2, 0.25) is 0 Å². The summed E-state index contributed by atoms with van der Waals surface area (Å²) in [5, 5.41) is 15.8. The van der Waals surface area contributed by atoms with Crippen LogP contribution < -0.4 is 10.2 Å². The van der Waals surface area contributed by atoms with E-state index in [4.69, 9.17) is 4.74 Å². The van der Waals surface area contributed by atoms with E-state index in [1.807, 2.05) is 36.4 Å². The molecule has 0 aliphatic rings. The Labute approximate surface area is 196 Å². The van der Waals surface area contributed by atoms with Crippen molar-refractivity contribution in [3.8, 4) is 11.5 Å². The Morgan fingerprint density at radius 3 is 2.29 bits per heavy atom. The zero-order valence-corrected chi connectivity index (χ0v) is 18.4. The number of hydrazone groups is 1. The summed E-state index contributed by atoms with van der Waals surface area (Å²) in [6.07, 6.45) is 1.51. The molecule has 1 amide bonds. The molecule has 0 saturated heterocycles. The molecule has 0 atom stereocenters. The van der Waals surface area contributed by atoms with Gasteiger partial charge >= 0.3 is 5.97 Å². The fourth-order valence-electron chi connectivity index (χ4n) is 3.31. The molecule has 7 heteroatoms. The van der Waals surface area contributed by atoms with Crippen molar-refractivity contribution in [3.05, 3.63) is 107 Å². The van der Waals surface area contributed by atoms with Gasteiger partial charge < -0.3 is 14.6 Å². The standard InChI is InChI=1S/C27H22N2O5/c1-33-27(32)20-10-6-19(7-11-20)17-34-23-12-8-18(9-13-23)16-28-29-26(31)24-14-21-4-2-3-5-22(21)15-25(24)30/h2-16,30H,17H2,1H3,(H,29,31)/b28-16+. The van der Waals surface area contributed by atoms with E-state index in [1.165, 1.54) is 13.3 Å². The molecule has 0 saturated carbocycles. The molecule has 4 aromatic carbocycles. The summed E-state index contributed by atoms with van der Waals surface area (Å²) >= 11 is 0. The summed E-state index contributed by atoms with van der Waals surface area (Å²) in [5.41, 5.74) is 4.75. The molecule has 0 aliphatic carbocycles. The van der Waals surface area contributed by atoms with E-state index in [0.29, 0.717) is 17.9 Å². The second-order valence-electron chi connectivity index (χ2n) is 7.46. The van der Waals surface area contributed by atoms with Crippen molar-refractivity contribution in [3.63, 3.8) is 0 Å². The summed E-state index contributed by atoms with van der Waals surface area (Å²) in [7, 11) is 1.34. The Morgan fingerprint density at radius 1 is 0.941 bits per heavy atom. The predicted molar refractivity (Wildman–Crippen MR) is 129 cm³/mol. The third-order valence-electron chi connectivity index (χ3n) is 5.15. The molecular formula is C27H22N2O5. The van der Waals surface area contributed by atoms with Crippen LogP contribution in [0, 0.1) is 0 Å². The molecule has 2 N–H and O–H groups in total. The van der Waals surface area contributed by atoms with Gasteiger partial charge in [0.2, 0.25) is 0 Å². The quantitative estimate of drug-likeness (QED) is 0.240. The number of hydrogen-bond donors (Lipinski definition) is 2. The molecule has 0 radical (unpaired) electrons. The highest BCUT2D eigenvalue weighted by atomic mass is 16.5. The van der Waals surface area contributed by atoms with Crippen molar-refractivity contribution in [2.24, 2.45) is 5.10 Å². The van der Waals surface area contributed by atoms with Crippen LogP contribution in [0.3, 0.4) is 0 Å². The third kappa shape index (κ3) is 5.39. The van der Waals surface area contributed by atoms with Gasteiger partial charge in [-0.1, -0.05) is 36.4 Å². The minimum Gasteiger partial charge on any atom is -0.507 e. The fraction of sp³-hybridized carbons (Fsp3) is 0.0741. The highest BCUT2D eigenvalue weighted by molar-refractivity contribution is 6.01. The number of phenols is 1. The van der Waals surface area contributed by atoms with Gasteiger partial charge in [-0.3, -0.25) is 4.79 Å². The van der Waals surface area contributed by atoms with Crippen molar-refractivity contribution in [2.45, 2.75) is 6.61 Å². The van der Waals surface area contributed by atoms with E-state index < -0.39 is 5.91 Å². The topological polar surface area (TPSA) is 97.2 Å². The number of methoxy groups -OCH3 is 1. The zero-order chi connectivity index (χ0) is 23.9. The number of carbonyl (C=O) groups excluding carboxylic acids is 2. The summed E-state index contributed by atoms with van der Waals surface area (Å²) in [5.74, 6) is -0.320. The number of esters is 1. The average Bonchev–Trinajstić information content (AvgIpc) is 2.87. The van der Waals surface area contributed by atoms with E-state index in [2.05, 4.69) is 15.3 Å². The molecule has 4 aromatic rings. The van der Waals surface area contributed by atoms with Gasteiger partial charge in [0.1, 0.15) is 18.1 Å². The first kappa shape index (κ1) is 22.5. The molecule has 4 rings (SSSR count). The molecule has 0 fully saturated rings. The number of nitrogens with zero attached hydrogens (tertiary/aromatic N) is 1. The summed E-state index contributed by atoms with van der Waals surface area (Å²) in [6, 6.07) is 24.8. The van der Waals surface area contributed by atoms with Gasteiger partial charge in [-0.25, -0.2) is 10.2 Å². The SMILES string of the molecule is COC(=O)c1ccc(COc2ccc(/C=N/NC(=O)c3cc4ccccc4cc3O)cc2)cc1. The second kappa shape index (κ2) is 10.3. The third-order valence-corrected chi connectivity index (χ3v) is 5.15. The maximum Gasteiger partial charge on any atom is 0.337 e. The molecule has 34 heavy (non-hydrogen) atoms. The van der Waals surface area contributed by atoms with Crippen molar-refractivity contribution in [2.75, 3.05) is 7.11 Å². The van der Waals surface area contributed by atoms with E-state index in [-0.39, 0.29) is 17.3 Å². The minimum absolute atomic E-state index is 0.104. The number of amides is 1. The van der Waals surface area contributed by atoms with Gasteiger partial charge in [0.05, 0.1) is 24.5 Å². The molecule has 7 nitrogen and oxygen atoms in total. The molecule has 0 aromatic heterocycles. The van der Waals surface area contributed by atoms with E-state index >= 15 is 0 Å². The van der Waals surface area contributed by atoms with Crippen LogP contribution in [0.4, 0.5) is 0 Å². The van der Waals surface area contributed by atoms with Gasteiger partial charge in [0, 0.05) is 0 Å².